The summed E-state index contributed by atoms with van der Waals surface area (Å²) in [7, 11) is 0. The fourth-order valence-corrected chi connectivity index (χ4v) is 2.53. The molecule has 0 spiro atoms. The Hall–Kier alpha value is -2.69. The van der Waals surface area contributed by atoms with Gasteiger partial charge in [0.15, 0.2) is 0 Å². The predicted molar refractivity (Wildman–Crippen MR) is 85.0 cm³/mol. The molecule has 0 atom stereocenters. The lowest BCUT2D eigenvalue weighted by Gasteiger charge is -2.20. The number of anilines is 1. The van der Waals surface area contributed by atoms with Crippen LogP contribution in [-0.4, -0.2) is 23.8 Å². The van der Waals surface area contributed by atoms with E-state index in [1.54, 1.807) is 6.07 Å². The highest BCUT2D eigenvalue weighted by Gasteiger charge is 2.24. The van der Waals surface area contributed by atoms with Crippen molar-refractivity contribution in [2.45, 2.75) is 13.8 Å². The van der Waals surface area contributed by atoms with Crippen LogP contribution in [0.3, 0.4) is 0 Å². The molecule has 1 heterocycles. The lowest BCUT2D eigenvalue weighted by molar-refractivity contribution is -0.512. The number of fused-ring (bicyclic) bond motifs is 1. The van der Waals surface area contributed by atoms with Gasteiger partial charge in [0.2, 0.25) is 0 Å². The van der Waals surface area contributed by atoms with Crippen LogP contribution in [0.5, 0.6) is 0 Å². The van der Waals surface area contributed by atoms with Crippen molar-refractivity contribution in [3.63, 3.8) is 0 Å². The summed E-state index contributed by atoms with van der Waals surface area (Å²) in [5, 5.41) is 20.2. The zero-order valence-electron chi connectivity index (χ0n) is 12.7. The average molecular weight is 294 g/mol. The Morgan fingerprint density at radius 2 is 1.73 bits per heavy atom. The molecule has 0 saturated carbocycles. The average Bonchev–Trinajstić information content (AvgIpc) is 2.87. The van der Waals surface area contributed by atoms with Crippen LogP contribution < -0.4 is 10.0 Å². The van der Waals surface area contributed by atoms with E-state index in [9.17, 15) is 5.11 Å². The molecular formula is C17H18N4O. The summed E-state index contributed by atoms with van der Waals surface area (Å²) in [6.45, 7) is 6.20. The monoisotopic (exact) mass is 294 g/mol. The van der Waals surface area contributed by atoms with Crippen LogP contribution in [0.1, 0.15) is 19.4 Å². The van der Waals surface area contributed by atoms with Gasteiger partial charge in [0.05, 0.1) is 16.3 Å². The molecule has 112 valence electrons. The number of rotatable bonds is 4. The van der Waals surface area contributed by atoms with E-state index in [-0.39, 0.29) is 5.90 Å². The Balaban J connectivity index is 1.91. The molecule has 2 aromatic carbocycles. The summed E-state index contributed by atoms with van der Waals surface area (Å²) in [6.07, 6.45) is 0. The van der Waals surface area contributed by atoms with Gasteiger partial charge < -0.3 is 10.0 Å². The van der Waals surface area contributed by atoms with Crippen LogP contribution >= 0.6 is 0 Å². The topological polar surface area (TPSA) is 54.0 Å². The molecule has 0 aliphatic carbocycles. The van der Waals surface area contributed by atoms with Gasteiger partial charge in [-0.15, -0.1) is 0 Å². The number of para-hydroxylation sites is 1. The summed E-state index contributed by atoms with van der Waals surface area (Å²) in [6, 6.07) is 15.3. The van der Waals surface area contributed by atoms with Crippen molar-refractivity contribution in [1.29, 1.82) is 0 Å². The van der Waals surface area contributed by atoms with Gasteiger partial charge in [0.25, 0.3) is 5.69 Å². The maximum atomic E-state index is 11.8. The first kappa shape index (κ1) is 14.3. The van der Waals surface area contributed by atoms with Crippen LogP contribution in [0, 0.1) is 0 Å². The molecule has 5 nitrogen and oxygen atoms in total. The third kappa shape index (κ3) is 2.57. The first-order valence-corrected chi connectivity index (χ1v) is 7.44. The maximum absolute atomic E-state index is 11.8. The second-order valence-corrected chi connectivity index (χ2v) is 5.00. The quantitative estimate of drug-likeness (QED) is 0.814. The fourth-order valence-electron chi connectivity index (χ4n) is 2.53. The van der Waals surface area contributed by atoms with Crippen LogP contribution in [0.2, 0.25) is 0 Å². The Morgan fingerprint density at radius 1 is 1.05 bits per heavy atom. The number of hydrazone groups is 1. The largest absolute Gasteiger partial charge is 0.854 e. The number of hydrogen-bond donors (Lipinski definition) is 0. The van der Waals surface area contributed by atoms with Gasteiger partial charge >= 0.3 is 0 Å². The van der Waals surface area contributed by atoms with Gasteiger partial charge in [-0.25, -0.2) is 0 Å². The molecule has 0 unspecified atom stereocenters. The van der Waals surface area contributed by atoms with Gasteiger partial charge in [0, 0.05) is 35.1 Å². The third-order valence-electron chi connectivity index (χ3n) is 3.72. The molecule has 5 heteroatoms. The Morgan fingerprint density at radius 3 is 2.41 bits per heavy atom. The van der Waals surface area contributed by atoms with E-state index >= 15 is 0 Å². The standard InChI is InChI=1S/C17H18N4O/c1-3-20(4-2)14-11-9-13(10-12-14)18-21-16-8-6-5-7-15(16)17(22)19-21/h5-12H,3-4H2,1-2H3. The fraction of sp³-hybridized carbons (Fsp3) is 0.235. The smallest absolute Gasteiger partial charge is 0.276 e. The van der Waals surface area contributed by atoms with Gasteiger partial charge in [-0.1, -0.05) is 12.1 Å². The molecule has 1 aliphatic heterocycles. The van der Waals surface area contributed by atoms with E-state index in [0.717, 1.165) is 24.5 Å². The summed E-state index contributed by atoms with van der Waals surface area (Å²) >= 11 is 0. The van der Waals surface area contributed by atoms with Crippen LogP contribution in [0.25, 0.3) is 0 Å². The minimum atomic E-state index is -0.251. The van der Waals surface area contributed by atoms with Crippen LogP contribution in [0.15, 0.2) is 58.7 Å². The third-order valence-corrected chi connectivity index (χ3v) is 3.72. The van der Waals surface area contributed by atoms with Crippen molar-refractivity contribution in [2.75, 3.05) is 18.0 Å². The van der Waals surface area contributed by atoms with E-state index in [2.05, 4.69) is 29.0 Å². The highest BCUT2D eigenvalue weighted by atomic mass is 16.3. The first-order chi connectivity index (χ1) is 10.7. The molecule has 0 aromatic heterocycles. The zero-order chi connectivity index (χ0) is 15.5. The Bertz CT molecular complexity index is 731. The molecule has 0 bridgehead atoms. The molecule has 3 rings (SSSR count). The van der Waals surface area contributed by atoms with E-state index in [1.807, 2.05) is 42.5 Å². The number of benzene rings is 2. The van der Waals surface area contributed by atoms with Crippen molar-refractivity contribution >= 4 is 23.0 Å². The highest BCUT2D eigenvalue weighted by molar-refractivity contribution is 5.96. The van der Waals surface area contributed by atoms with Crippen molar-refractivity contribution in [1.82, 2.24) is 0 Å². The second-order valence-electron chi connectivity index (χ2n) is 5.00. The van der Waals surface area contributed by atoms with Crippen molar-refractivity contribution < 1.29 is 9.91 Å². The molecule has 0 amide bonds. The van der Waals surface area contributed by atoms with E-state index in [1.165, 1.54) is 10.5 Å². The zero-order valence-corrected chi connectivity index (χ0v) is 12.7. The van der Waals surface area contributed by atoms with Crippen LogP contribution in [0.4, 0.5) is 17.1 Å². The molecule has 0 fully saturated rings. The summed E-state index contributed by atoms with van der Waals surface area (Å²) in [5.74, 6) is -0.251. The minimum Gasteiger partial charge on any atom is -0.854 e. The molecule has 0 N–H and O–H groups in total. The lowest BCUT2D eigenvalue weighted by atomic mass is 10.2. The SMILES string of the molecule is CCN(CC)c1ccc(N=[N+]2N=C([O-])c3ccccc32)cc1. The molecule has 0 saturated heterocycles. The van der Waals surface area contributed by atoms with E-state index < -0.39 is 0 Å². The van der Waals surface area contributed by atoms with Crippen molar-refractivity contribution in [2.24, 2.45) is 10.2 Å². The van der Waals surface area contributed by atoms with E-state index in [4.69, 9.17) is 0 Å². The van der Waals surface area contributed by atoms with Gasteiger partial charge in [-0.2, -0.15) is 0 Å². The first-order valence-electron chi connectivity index (χ1n) is 7.44. The van der Waals surface area contributed by atoms with Gasteiger partial charge in [-0.05, 0) is 44.2 Å². The predicted octanol–water partition coefficient (Wildman–Crippen LogP) is 3.00. The molecule has 0 radical (unpaired) electrons. The van der Waals surface area contributed by atoms with Crippen LogP contribution in [-0.2, 0) is 0 Å². The second kappa shape index (κ2) is 5.97. The Labute approximate surface area is 129 Å². The van der Waals surface area contributed by atoms with Crippen molar-refractivity contribution in [3.8, 4) is 0 Å². The normalized spacial score (nSPS) is 14.8. The van der Waals surface area contributed by atoms with E-state index in [0.29, 0.717) is 5.56 Å². The maximum Gasteiger partial charge on any atom is 0.276 e. The highest BCUT2D eigenvalue weighted by Crippen LogP contribution is 2.27. The number of nitrogens with zero attached hydrogens (tertiary/aromatic N) is 4. The van der Waals surface area contributed by atoms with Gasteiger partial charge in [-0.3, -0.25) is 0 Å². The lowest BCUT2D eigenvalue weighted by Crippen LogP contribution is -2.21. The molecule has 22 heavy (non-hydrogen) atoms. The Kier molecular flexibility index (Phi) is 3.87. The summed E-state index contributed by atoms with van der Waals surface area (Å²) < 4.78 is 0. The minimum absolute atomic E-state index is 0.251. The van der Waals surface area contributed by atoms with Crippen molar-refractivity contribution in [3.05, 3.63) is 54.1 Å². The number of hydrogen-bond acceptors (Lipinski definition) is 3. The molecule has 2 aromatic rings. The molecular weight excluding hydrogens is 276 g/mol. The molecule has 1 aliphatic rings. The summed E-state index contributed by atoms with van der Waals surface area (Å²) in [5.41, 5.74) is 3.24. The number of azo groups is 1. The van der Waals surface area contributed by atoms with Gasteiger partial charge in [0.1, 0.15) is 5.69 Å². The summed E-state index contributed by atoms with van der Waals surface area (Å²) in [4.78, 5) is 3.67.